The molecule has 0 saturated heterocycles. The van der Waals surface area contributed by atoms with Crippen LogP contribution in [0.2, 0.25) is 0 Å². The van der Waals surface area contributed by atoms with E-state index in [1.807, 2.05) is 70.7 Å². The number of hydrogen-bond acceptors (Lipinski definition) is 5. The first kappa shape index (κ1) is 21.7. The summed E-state index contributed by atoms with van der Waals surface area (Å²) in [5.74, 6) is 0.828. The van der Waals surface area contributed by atoms with Gasteiger partial charge >= 0.3 is 6.09 Å². The van der Waals surface area contributed by atoms with Gasteiger partial charge in [-0.2, -0.15) is 0 Å². The minimum Gasteiger partial charge on any atom is -0.444 e. The van der Waals surface area contributed by atoms with Gasteiger partial charge in [0.2, 0.25) is 7.98 Å². The summed E-state index contributed by atoms with van der Waals surface area (Å²) in [6, 6.07) is 10.3. The Balaban J connectivity index is 1.69. The van der Waals surface area contributed by atoms with Crippen molar-refractivity contribution >= 4 is 42.0 Å². The van der Waals surface area contributed by atoms with Crippen molar-refractivity contribution < 1.29 is 9.53 Å². The van der Waals surface area contributed by atoms with E-state index in [9.17, 15) is 4.79 Å². The van der Waals surface area contributed by atoms with Crippen LogP contribution >= 0.6 is 0 Å². The number of pyridine rings is 1. The van der Waals surface area contributed by atoms with Crippen molar-refractivity contribution in [1.82, 2.24) is 24.4 Å². The smallest absolute Gasteiger partial charge is 0.410 e. The molecule has 1 aromatic carbocycles. The predicted octanol–water partition coefficient (Wildman–Crippen LogP) is 3.47. The molecule has 0 unspecified atom stereocenters. The number of benzene rings is 1. The summed E-state index contributed by atoms with van der Waals surface area (Å²) in [5, 5.41) is 1.02. The highest BCUT2D eigenvalue weighted by Crippen LogP contribution is 2.32. The lowest BCUT2D eigenvalue weighted by molar-refractivity contribution is 0.0285. The van der Waals surface area contributed by atoms with E-state index >= 15 is 0 Å². The molecule has 8 nitrogen and oxygen atoms in total. The zero-order valence-corrected chi connectivity index (χ0v) is 19.7. The fraction of sp³-hybridized carbons (Fsp3) is 0.348. The second-order valence-corrected chi connectivity index (χ2v) is 9.36. The van der Waals surface area contributed by atoms with Crippen molar-refractivity contribution in [3.8, 4) is 11.3 Å². The summed E-state index contributed by atoms with van der Waals surface area (Å²) in [4.78, 5) is 28.7. The normalized spacial score (nSPS) is 11.8. The number of carbonyl (C=O) groups is 1. The third kappa shape index (κ3) is 4.15. The number of imidazole rings is 1. The van der Waals surface area contributed by atoms with Crippen molar-refractivity contribution in [1.29, 1.82) is 0 Å². The van der Waals surface area contributed by atoms with Crippen LogP contribution in [0.3, 0.4) is 0 Å². The number of fused-ring (bicyclic) bond motifs is 3. The summed E-state index contributed by atoms with van der Waals surface area (Å²) in [7, 11) is 7.68. The van der Waals surface area contributed by atoms with Gasteiger partial charge in [-0.05, 0) is 51.1 Å². The van der Waals surface area contributed by atoms with E-state index in [1.54, 1.807) is 11.9 Å². The van der Waals surface area contributed by atoms with Gasteiger partial charge in [-0.15, -0.1) is 0 Å². The van der Waals surface area contributed by atoms with Gasteiger partial charge in [0.15, 0.2) is 0 Å². The number of hydrogen-bond donors (Lipinski definition) is 1. The minimum absolute atomic E-state index is 0.340. The van der Waals surface area contributed by atoms with Gasteiger partial charge in [0.05, 0.1) is 11.8 Å². The number of carbonyl (C=O) groups excluding carboxylic acids is 1. The monoisotopic (exact) mass is 432 g/mol. The average Bonchev–Trinajstić information content (AvgIpc) is 3.29. The molecule has 0 aliphatic heterocycles. The van der Waals surface area contributed by atoms with Crippen LogP contribution in [-0.2, 0) is 18.3 Å². The van der Waals surface area contributed by atoms with Gasteiger partial charge in [0, 0.05) is 31.7 Å². The predicted molar refractivity (Wildman–Crippen MR) is 130 cm³/mol. The molecule has 3 heterocycles. The van der Waals surface area contributed by atoms with Crippen molar-refractivity contribution in [3.05, 3.63) is 42.2 Å². The third-order valence-electron chi connectivity index (χ3n) is 5.21. The standard InChI is InChI=1S/C23H29BN6O2/c1-23(2,3)32-22(31)28(4)12-14-8-7-9-15(10-14)17-11-16-19-18(25-13-29(19)5)21(30(6)24)27-20(16)26-17/h7-11,13H,12,24H2,1-6H3,(H,26,27). The molecular formula is C23H29BN6O2. The lowest BCUT2D eigenvalue weighted by Crippen LogP contribution is -2.33. The van der Waals surface area contributed by atoms with E-state index in [0.29, 0.717) is 6.54 Å². The first-order valence-corrected chi connectivity index (χ1v) is 10.6. The summed E-state index contributed by atoms with van der Waals surface area (Å²) in [5.41, 5.74) is 5.23. The highest BCUT2D eigenvalue weighted by atomic mass is 16.6. The second kappa shape index (κ2) is 7.89. The summed E-state index contributed by atoms with van der Waals surface area (Å²) in [6.45, 7) is 6.05. The molecule has 32 heavy (non-hydrogen) atoms. The third-order valence-corrected chi connectivity index (χ3v) is 5.21. The number of nitrogens with one attached hydrogen (secondary N) is 1. The molecule has 0 aliphatic carbocycles. The zero-order chi connectivity index (χ0) is 23.2. The Kier molecular flexibility index (Phi) is 5.36. The molecule has 1 amide bonds. The Morgan fingerprint density at radius 3 is 2.69 bits per heavy atom. The quantitative estimate of drug-likeness (QED) is 0.500. The molecule has 3 aromatic heterocycles. The van der Waals surface area contributed by atoms with Gasteiger partial charge in [0.1, 0.15) is 22.6 Å². The van der Waals surface area contributed by atoms with Crippen LogP contribution in [0.1, 0.15) is 26.3 Å². The average molecular weight is 432 g/mol. The van der Waals surface area contributed by atoms with Crippen molar-refractivity contribution in [2.75, 3.05) is 18.9 Å². The van der Waals surface area contributed by atoms with Gasteiger partial charge in [-0.25, -0.2) is 14.8 Å². The van der Waals surface area contributed by atoms with E-state index in [-0.39, 0.29) is 6.09 Å². The van der Waals surface area contributed by atoms with Crippen molar-refractivity contribution in [3.63, 3.8) is 0 Å². The number of rotatable bonds is 4. The van der Waals surface area contributed by atoms with E-state index in [1.165, 1.54) is 0 Å². The highest BCUT2D eigenvalue weighted by molar-refractivity contribution is 6.20. The van der Waals surface area contributed by atoms with Crippen LogP contribution in [0.4, 0.5) is 10.6 Å². The van der Waals surface area contributed by atoms with E-state index in [2.05, 4.69) is 28.2 Å². The summed E-state index contributed by atoms with van der Waals surface area (Å²) >= 11 is 0. The first-order chi connectivity index (χ1) is 15.0. The number of H-pyrrole nitrogens is 1. The summed E-state index contributed by atoms with van der Waals surface area (Å²) in [6.07, 6.45) is 1.48. The molecule has 1 N–H and O–H groups in total. The molecule has 4 rings (SSSR count). The molecule has 166 valence electrons. The Bertz CT molecular complexity index is 1300. The molecular weight excluding hydrogens is 403 g/mol. The Labute approximate surface area is 188 Å². The topological polar surface area (TPSA) is 79.3 Å². The van der Waals surface area contributed by atoms with Crippen molar-refractivity contribution in [2.45, 2.75) is 32.9 Å². The molecule has 0 spiro atoms. The van der Waals surface area contributed by atoms with E-state index in [4.69, 9.17) is 9.72 Å². The molecule has 0 atom stereocenters. The lowest BCUT2D eigenvalue weighted by Gasteiger charge is -2.24. The molecule has 9 heteroatoms. The van der Waals surface area contributed by atoms with E-state index in [0.717, 1.165) is 44.7 Å². The second-order valence-electron chi connectivity index (χ2n) is 9.36. The van der Waals surface area contributed by atoms with Gasteiger partial charge < -0.3 is 24.0 Å². The maximum atomic E-state index is 12.3. The van der Waals surface area contributed by atoms with Crippen LogP contribution in [0.25, 0.3) is 33.3 Å². The molecule has 4 aromatic rings. The number of ether oxygens (including phenoxy) is 1. The number of nitrogens with zero attached hydrogens (tertiary/aromatic N) is 5. The number of aromatic nitrogens is 4. The molecule has 0 fully saturated rings. The van der Waals surface area contributed by atoms with Crippen LogP contribution in [0.15, 0.2) is 36.7 Å². The molecule has 0 saturated carbocycles. The van der Waals surface area contributed by atoms with Crippen LogP contribution in [-0.4, -0.2) is 58.2 Å². The maximum absolute atomic E-state index is 12.3. The fourth-order valence-electron chi connectivity index (χ4n) is 3.77. The summed E-state index contributed by atoms with van der Waals surface area (Å²) < 4.78 is 7.49. The first-order valence-electron chi connectivity index (χ1n) is 10.6. The van der Waals surface area contributed by atoms with Crippen LogP contribution in [0.5, 0.6) is 0 Å². The SMILES string of the molecule is BN(C)c1nc2[nH]c(-c3cccc(CN(C)C(=O)OC(C)(C)C)c3)cc2c2c1ncn2C. The maximum Gasteiger partial charge on any atom is 0.410 e. The Morgan fingerprint density at radius 1 is 1.25 bits per heavy atom. The van der Waals surface area contributed by atoms with Gasteiger partial charge in [0.25, 0.3) is 0 Å². The zero-order valence-electron chi connectivity index (χ0n) is 19.7. The number of aromatic amines is 1. The van der Waals surface area contributed by atoms with Gasteiger partial charge in [-0.3, -0.25) is 0 Å². The fourth-order valence-corrected chi connectivity index (χ4v) is 3.77. The highest BCUT2D eigenvalue weighted by Gasteiger charge is 2.20. The number of anilines is 1. The van der Waals surface area contributed by atoms with Crippen LogP contribution < -0.4 is 4.81 Å². The molecule has 0 aliphatic rings. The Hall–Kier alpha value is -3.49. The minimum atomic E-state index is -0.521. The lowest BCUT2D eigenvalue weighted by atomic mass is 10.1. The molecule has 0 radical (unpaired) electrons. The Morgan fingerprint density at radius 2 is 2.00 bits per heavy atom. The largest absolute Gasteiger partial charge is 0.444 e. The number of amides is 1. The van der Waals surface area contributed by atoms with E-state index < -0.39 is 5.60 Å². The number of aryl methyl sites for hydroxylation is 1. The van der Waals surface area contributed by atoms with Crippen LogP contribution in [0, 0.1) is 0 Å². The van der Waals surface area contributed by atoms with Gasteiger partial charge in [-0.1, -0.05) is 18.2 Å². The van der Waals surface area contributed by atoms with Crippen molar-refractivity contribution in [2.24, 2.45) is 7.05 Å². The molecule has 0 bridgehead atoms.